The second-order valence-corrected chi connectivity index (χ2v) is 6.84. The molecule has 2 atom stereocenters. The molecule has 0 N–H and O–H groups in total. The largest absolute Gasteiger partial charge is 0.466 e. The van der Waals surface area contributed by atoms with E-state index in [-0.39, 0.29) is 0 Å². The number of halogens is 1. The van der Waals surface area contributed by atoms with Crippen molar-refractivity contribution in [3.8, 4) is 0 Å². The molecule has 1 aliphatic rings. The number of hydrogen-bond acceptors (Lipinski definition) is 5. The minimum absolute atomic E-state index is 0.336. The van der Waals surface area contributed by atoms with Crippen LogP contribution in [0.15, 0.2) is 28.1 Å². The van der Waals surface area contributed by atoms with Crippen molar-refractivity contribution in [2.75, 3.05) is 7.11 Å². The molecule has 120 valence electrons. The van der Waals surface area contributed by atoms with E-state index < -0.39 is 11.6 Å². The number of carbonyl (C=O) groups excluding carboxylic acids is 1. The Morgan fingerprint density at radius 3 is 2.73 bits per heavy atom. The number of carbonyl (C=O) groups is 1. The van der Waals surface area contributed by atoms with Gasteiger partial charge in [-0.15, -0.1) is 0 Å². The van der Waals surface area contributed by atoms with E-state index in [0.29, 0.717) is 11.8 Å². The lowest BCUT2D eigenvalue weighted by Gasteiger charge is -2.37. The number of nitrogens with zero attached hydrogens (tertiary/aromatic N) is 2. The van der Waals surface area contributed by atoms with E-state index in [2.05, 4.69) is 26.1 Å². The summed E-state index contributed by atoms with van der Waals surface area (Å²) < 4.78 is 5.55. The van der Waals surface area contributed by atoms with Gasteiger partial charge in [0.2, 0.25) is 5.60 Å². The van der Waals surface area contributed by atoms with Crippen molar-refractivity contribution in [3.63, 3.8) is 0 Å². The van der Waals surface area contributed by atoms with Crippen molar-refractivity contribution in [1.82, 2.24) is 4.98 Å². The lowest BCUT2D eigenvalue weighted by Crippen LogP contribution is -2.36. The smallest absolute Gasteiger partial charge is 0.352 e. The fourth-order valence-electron chi connectivity index (χ4n) is 2.58. The third-order valence-electron chi connectivity index (χ3n) is 4.08. The van der Waals surface area contributed by atoms with Crippen LogP contribution in [0.1, 0.15) is 45.1 Å². The van der Waals surface area contributed by atoms with E-state index in [1.165, 1.54) is 12.7 Å². The molecule has 0 unspecified atom stereocenters. The van der Waals surface area contributed by atoms with Crippen LogP contribution >= 0.6 is 15.9 Å². The average Bonchev–Trinajstić information content (AvgIpc) is 2.43. The van der Waals surface area contributed by atoms with Gasteiger partial charge in [0.25, 0.3) is 0 Å². The maximum Gasteiger partial charge on any atom is 0.352 e. The Labute approximate surface area is 139 Å². The van der Waals surface area contributed by atoms with Crippen LogP contribution in [0.3, 0.4) is 0 Å². The zero-order chi connectivity index (χ0) is 16.3. The molecule has 6 heteroatoms. The van der Waals surface area contributed by atoms with Gasteiger partial charge in [-0.2, -0.15) is 0 Å². The van der Waals surface area contributed by atoms with E-state index in [4.69, 9.17) is 9.57 Å². The van der Waals surface area contributed by atoms with Crippen molar-refractivity contribution >= 4 is 27.6 Å². The number of rotatable bonds is 5. The van der Waals surface area contributed by atoms with Crippen molar-refractivity contribution in [2.45, 2.75) is 45.1 Å². The molecule has 5 nitrogen and oxygen atoms in total. The quantitative estimate of drug-likeness (QED) is 0.344. The number of esters is 1. The van der Waals surface area contributed by atoms with Crippen molar-refractivity contribution in [3.05, 3.63) is 28.5 Å². The van der Waals surface area contributed by atoms with Gasteiger partial charge in [0.15, 0.2) is 0 Å². The summed E-state index contributed by atoms with van der Waals surface area (Å²) in [4.78, 5) is 21.2. The molecule has 0 amide bonds. The Morgan fingerprint density at radius 1 is 1.45 bits per heavy atom. The second-order valence-electron chi connectivity index (χ2n) is 6.03. The molecule has 1 fully saturated rings. The number of aromatic nitrogens is 1. The van der Waals surface area contributed by atoms with Crippen LogP contribution in [-0.2, 0) is 14.4 Å². The highest BCUT2D eigenvalue weighted by atomic mass is 79.9. The van der Waals surface area contributed by atoms with Crippen LogP contribution in [-0.4, -0.2) is 29.4 Å². The molecule has 0 bridgehead atoms. The molecule has 1 aliphatic carbocycles. The number of pyridine rings is 1. The first-order valence-electron chi connectivity index (χ1n) is 7.27. The number of oxime groups is 1. The Kier molecular flexibility index (Phi) is 5.21. The molecule has 1 heterocycles. The molecule has 0 spiro atoms. The second kappa shape index (κ2) is 6.77. The zero-order valence-electron chi connectivity index (χ0n) is 13.3. The first kappa shape index (κ1) is 16.9. The van der Waals surface area contributed by atoms with Gasteiger partial charge in [-0.05, 0) is 73.2 Å². The van der Waals surface area contributed by atoms with Crippen molar-refractivity contribution in [1.29, 1.82) is 0 Å². The predicted octanol–water partition coefficient (Wildman–Crippen LogP) is 3.68. The standard InChI is InChI=1S/C16H21BrN2O3/c1-10(19-22-16(2,3)15(20)21-4)12-5-6-13(12)11-7-8-18-14(17)9-11/h7-9,12-13H,5-6H2,1-4H3/t12-,13+/m0/s1. The number of hydrogen-bond donors (Lipinski definition) is 0. The molecule has 0 aliphatic heterocycles. The molecule has 1 saturated carbocycles. The summed E-state index contributed by atoms with van der Waals surface area (Å²) in [5, 5.41) is 4.17. The third-order valence-corrected chi connectivity index (χ3v) is 4.52. The van der Waals surface area contributed by atoms with E-state index >= 15 is 0 Å². The Morgan fingerprint density at radius 2 is 2.18 bits per heavy atom. The van der Waals surface area contributed by atoms with Gasteiger partial charge < -0.3 is 9.57 Å². The molecule has 0 saturated heterocycles. The normalized spacial score (nSPS) is 22.0. The molecule has 1 aromatic rings. The van der Waals surface area contributed by atoms with Gasteiger partial charge in [0, 0.05) is 12.1 Å². The summed E-state index contributed by atoms with van der Waals surface area (Å²) >= 11 is 3.40. The fourth-order valence-corrected chi connectivity index (χ4v) is 2.97. The fraction of sp³-hybridized carbons (Fsp3) is 0.562. The van der Waals surface area contributed by atoms with Crippen molar-refractivity contribution in [2.24, 2.45) is 11.1 Å². The highest BCUT2D eigenvalue weighted by Crippen LogP contribution is 2.43. The molecular formula is C16H21BrN2O3. The lowest BCUT2D eigenvalue weighted by atomic mass is 9.68. The first-order valence-corrected chi connectivity index (χ1v) is 8.07. The highest BCUT2D eigenvalue weighted by molar-refractivity contribution is 9.10. The van der Waals surface area contributed by atoms with Gasteiger partial charge in [-0.3, -0.25) is 0 Å². The molecule has 2 rings (SSSR count). The Balaban J connectivity index is 2.05. The van der Waals surface area contributed by atoms with Crippen LogP contribution in [0, 0.1) is 5.92 Å². The van der Waals surface area contributed by atoms with Gasteiger partial charge in [-0.1, -0.05) is 5.16 Å². The lowest BCUT2D eigenvalue weighted by molar-refractivity contribution is -0.165. The zero-order valence-corrected chi connectivity index (χ0v) is 14.9. The van der Waals surface area contributed by atoms with Gasteiger partial charge in [0.1, 0.15) is 4.60 Å². The van der Waals surface area contributed by atoms with Gasteiger partial charge in [0.05, 0.1) is 12.8 Å². The third kappa shape index (κ3) is 3.66. The average molecular weight is 369 g/mol. The minimum Gasteiger partial charge on any atom is -0.466 e. The monoisotopic (exact) mass is 368 g/mol. The number of ether oxygens (including phenoxy) is 1. The van der Waals surface area contributed by atoms with Crippen LogP contribution in [0.25, 0.3) is 0 Å². The summed E-state index contributed by atoms with van der Waals surface area (Å²) in [5.41, 5.74) is 1.08. The summed E-state index contributed by atoms with van der Waals surface area (Å²) in [6, 6.07) is 4.08. The summed E-state index contributed by atoms with van der Waals surface area (Å²) in [7, 11) is 1.34. The SMILES string of the molecule is COC(=O)C(C)(C)ON=C(C)[C@@H]1CC[C@@H]1c1ccnc(Br)c1. The Bertz CT molecular complexity index is 587. The topological polar surface area (TPSA) is 60.8 Å². The predicted molar refractivity (Wildman–Crippen MR) is 87.7 cm³/mol. The molecular weight excluding hydrogens is 348 g/mol. The molecule has 0 aromatic carbocycles. The molecule has 1 aromatic heterocycles. The summed E-state index contributed by atoms with van der Waals surface area (Å²) in [5.74, 6) is 0.322. The molecule has 0 radical (unpaired) electrons. The maximum atomic E-state index is 11.6. The van der Waals surface area contributed by atoms with E-state index in [1.54, 1.807) is 20.0 Å². The molecule has 22 heavy (non-hydrogen) atoms. The van der Waals surface area contributed by atoms with Crippen LogP contribution in [0.4, 0.5) is 0 Å². The van der Waals surface area contributed by atoms with E-state index in [0.717, 1.165) is 23.2 Å². The maximum absolute atomic E-state index is 11.6. The van der Waals surface area contributed by atoms with Crippen LogP contribution < -0.4 is 0 Å². The van der Waals surface area contributed by atoms with Crippen LogP contribution in [0.5, 0.6) is 0 Å². The van der Waals surface area contributed by atoms with Gasteiger partial charge >= 0.3 is 5.97 Å². The highest BCUT2D eigenvalue weighted by Gasteiger charge is 2.36. The minimum atomic E-state index is -1.07. The summed E-state index contributed by atoms with van der Waals surface area (Å²) in [6.07, 6.45) is 3.99. The summed E-state index contributed by atoms with van der Waals surface area (Å²) in [6.45, 7) is 5.24. The van der Waals surface area contributed by atoms with E-state index in [9.17, 15) is 4.79 Å². The van der Waals surface area contributed by atoms with Gasteiger partial charge in [-0.25, -0.2) is 9.78 Å². The van der Waals surface area contributed by atoms with Crippen molar-refractivity contribution < 1.29 is 14.4 Å². The van der Waals surface area contributed by atoms with E-state index in [1.807, 2.05) is 19.1 Å². The first-order chi connectivity index (χ1) is 10.3. The van der Waals surface area contributed by atoms with Crippen LogP contribution in [0.2, 0.25) is 0 Å². The number of methoxy groups -OCH3 is 1. The Hall–Kier alpha value is -1.43.